The summed E-state index contributed by atoms with van der Waals surface area (Å²) in [6, 6.07) is 3.14. The maximum absolute atomic E-state index is 13.2. The quantitative estimate of drug-likeness (QED) is 0.566. The molecule has 0 saturated carbocycles. The van der Waals surface area contributed by atoms with Crippen molar-refractivity contribution >= 4 is 17.3 Å². The molecule has 0 radical (unpaired) electrons. The van der Waals surface area contributed by atoms with Crippen molar-refractivity contribution < 1.29 is 19.2 Å². The molecule has 0 aliphatic rings. The predicted molar refractivity (Wildman–Crippen MR) is 76.8 cm³/mol. The van der Waals surface area contributed by atoms with E-state index in [2.05, 4.69) is 5.32 Å². The zero-order valence-corrected chi connectivity index (χ0v) is 12.0. The van der Waals surface area contributed by atoms with Crippen LogP contribution >= 0.6 is 0 Å². The second kappa shape index (κ2) is 7.56. The third-order valence-electron chi connectivity index (χ3n) is 3.25. The summed E-state index contributed by atoms with van der Waals surface area (Å²) in [5.74, 6) is -1.80. The van der Waals surface area contributed by atoms with Crippen LogP contribution in [0.15, 0.2) is 18.2 Å². The number of nitrogens with zero attached hydrogens (tertiary/aromatic N) is 1. The Morgan fingerprint density at radius 1 is 1.43 bits per heavy atom. The number of benzene rings is 1. The lowest BCUT2D eigenvalue weighted by Gasteiger charge is -2.16. The van der Waals surface area contributed by atoms with Crippen LogP contribution in [-0.4, -0.2) is 22.0 Å². The first-order valence-corrected chi connectivity index (χ1v) is 6.74. The molecule has 7 heteroatoms. The first-order chi connectivity index (χ1) is 9.81. The van der Waals surface area contributed by atoms with E-state index in [0.29, 0.717) is 19.3 Å². The molecular formula is C14H19FN2O4. The minimum atomic E-state index is -0.837. The highest BCUT2D eigenvalue weighted by atomic mass is 19.1. The van der Waals surface area contributed by atoms with E-state index in [1.54, 1.807) is 6.92 Å². The molecular weight excluding hydrogens is 279 g/mol. The minimum Gasteiger partial charge on any atom is -0.481 e. The van der Waals surface area contributed by atoms with E-state index in [1.165, 1.54) is 0 Å². The van der Waals surface area contributed by atoms with E-state index in [1.807, 2.05) is 6.92 Å². The average Bonchev–Trinajstić information content (AvgIpc) is 2.37. The van der Waals surface area contributed by atoms with Crippen LogP contribution in [0.4, 0.5) is 15.8 Å². The van der Waals surface area contributed by atoms with E-state index in [-0.39, 0.29) is 17.4 Å². The van der Waals surface area contributed by atoms with Gasteiger partial charge in [-0.3, -0.25) is 14.9 Å². The van der Waals surface area contributed by atoms with Gasteiger partial charge >= 0.3 is 5.97 Å². The van der Waals surface area contributed by atoms with Crippen molar-refractivity contribution in [1.82, 2.24) is 0 Å². The molecule has 6 nitrogen and oxygen atoms in total. The summed E-state index contributed by atoms with van der Waals surface area (Å²) in [4.78, 5) is 21.0. The molecule has 0 aliphatic carbocycles. The summed E-state index contributed by atoms with van der Waals surface area (Å²) in [6.45, 7) is 3.46. The fourth-order valence-corrected chi connectivity index (χ4v) is 1.97. The Morgan fingerprint density at radius 2 is 2.10 bits per heavy atom. The number of aliphatic carboxylic acids is 1. The summed E-state index contributed by atoms with van der Waals surface area (Å²) >= 11 is 0. The number of carbonyl (C=O) groups is 1. The fraction of sp³-hybridized carbons (Fsp3) is 0.500. The molecule has 0 amide bonds. The van der Waals surface area contributed by atoms with Crippen LogP contribution in [-0.2, 0) is 4.79 Å². The molecule has 0 heterocycles. The zero-order chi connectivity index (χ0) is 16.0. The van der Waals surface area contributed by atoms with E-state index in [4.69, 9.17) is 5.11 Å². The average molecular weight is 298 g/mol. The van der Waals surface area contributed by atoms with Gasteiger partial charge in [-0.05, 0) is 25.8 Å². The summed E-state index contributed by atoms with van der Waals surface area (Å²) in [5, 5.41) is 22.6. The van der Waals surface area contributed by atoms with Crippen LogP contribution in [0.2, 0.25) is 0 Å². The summed E-state index contributed by atoms with van der Waals surface area (Å²) in [7, 11) is 0. The van der Waals surface area contributed by atoms with Crippen LogP contribution in [0.5, 0.6) is 0 Å². The van der Waals surface area contributed by atoms with Crippen LogP contribution in [0.25, 0.3) is 0 Å². The topological polar surface area (TPSA) is 92.5 Å². The van der Waals surface area contributed by atoms with Crippen LogP contribution in [0.1, 0.15) is 33.1 Å². The van der Waals surface area contributed by atoms with Gasteiger partial charge in [0.25, 0.3) is 5.69 Å². The number of hydrogen-bond donors (Lipinski definition) is 2. The molecule has 21 heavy (non-hydrogen) atoms. The zero-order valence-electron chi connectivity index (χ0n) is 12.0. The molecule has 0 aliphatic heterocycles. The van der Waals surface area contributed by atoms with E-state index in [0.717, 1.165) is 18.2 Å². The Kier molecular flexibility index (Phi) is 6.08. The highest BCUT2D eigenvalue weighted by molar-refractivity contribution is 5.69. The van der Waals surface area contributed by atoms with Crippen molar-refractivity contribution in [2.45, 2.75) is 39.2 Å². The number of anilines is 1. The first-order valence-electron chi connectivity index (χ1n) is 6.74. The van der Waals surface area contributed by atoms with E-state index in [9.17, 15) is 19.3 Å². The SMILES string of the molecule is CC(CCCC(C)C(=O)O)Nc1cc(F)ccc1[N+](=O)[O-]. The van der Waals surface area contributed by atoms with Gasteiger partial charge in [0.1, 0.15) is 11.5 Å². The van der Waals surface area contributed by atoms with Crippen molar-refractivity contribution in [3.63, 3.8) is 0 Å². The lowest BCUT2D eigenvalue weighted by Crippen LogP contribution is -2.17. The molecule has 2 N–H and O–H groups in total. The molecule has 0 saturated heterocycles. The van der Waals surface area contributed by atoms with E-state index < -0.39 is 22.6 Å². The van der Waals surface area contributed by atoms with Crippen LogP contribution in [0.3, 0.4) is 0 Å². The monoisotopic (exact) mass is 298 g/mol. The predicted octanol–water partition coefficient (Wildman–Crippen LogP) is 3.43. The Balaban J connectivity index is 2.58. The van der Waals surface area contributed by atoms with E-state index >= 15 is 0 Å². The summed E-state index contributed by atoms with van der Waals surface area (Å²) in [6.07, 6.45) is 1.85. The van der Waals surface area contributed by atoms with Gasteiger partial charge in [0.2, 0.25) is 0 Å². The largest absolute Gasteiger partial charge is 0.481 e. The number of carboxylic acids is 1. The lowest BCUT2D eigenvalue weighted by atomic mass is 10.0. The molecule has 0 bridgehead atoms. The van der Waals surface area contributed by atoms with Gasteiger partial charge in [0.15, 0.2) is 0 Å². The number of nitro benzene ring substituents is 1. The van der Waals surface area contributed by atoms with Gasteiger partial charge in [-0.1, -0.05) is 13.3 Å². The molecule has 2 unspecified atom stereocenters. The van der Waals surface area contributed by atoms with Gasteiger partial charge < -0.3 is 10.4 Å². The molecule has 1 aromatic rings. The first kappa shape index (κ1) is 16.9. The van der Waals surface area contributed by atoms with Gasteiger partial charge in [0, 0.05) is 18.2 Å². The van der Waals surface area contributed by atoms with Crippen LogP contribution < -0.4 is 5.32 Å². The van der Waals surface area contributed by atoms with Gasteiger partial charge in [-0.25, -0.2) is 4.39 Å². The number of hydrogen-bond acceptors (Lipinski definition) is 4. The molecule has 2 atom stereocenters. The number of nitrogens with one attached hydrogen (secondary N) is 1. The normalized spacial score (nSPS) is 13.5. The standard InChI is InChI=1S/C14H19FN2O4/c1-9(14(18)19)4-3-5-10(2)16-12-8-11(15)6-7-13(12)17(20)21/h6-10,16H,3-5H2,1-2H3,(H,18,19). The summed E-state index contributed by atoms with van der Waals surface area (Å²) in [5.41, 5.74) is -0.0408. The highest BCUT2D eigenvalue weighted by Crippen LogP contribution is 2.26. The Hall–Kier alpha value is -2.18. The second-order valence-corrected chi connectivity index (χ2v) is 5.13. The second-order valence-electron chi connectivity index (χ2n) is 5.13. The third-order valence-corrected chi connectivity index (χ3v) is 3.25. The Morgan fingerprint density at radius 3 is 2.67 bits per heavy atom. The molecule has 1 aromatic carbocycles. The van der Waals surface area contributed by atoms with Gasteiger partial charge in [0.05, 0.1) is 10.8 Å². The molecule has 116 valence electrons. The fourth-order valence-electron chi connectivity index (χ4n) is 1.97. The number of halogens is 1. The van der Waals surface area contributed by atoms with Gasteiger partial charge in [-0.15, -0.1) is 0 Å². The Labute approximate surface area is 122 Å². The number of rotatable bonds is 8. The van der Waals surface area contributed by atoms with Crippen molar-refractivity contribution in [1.29, 1.82) is 0 Å². The molecule has 0 spiro atoms. The molecule has 1 rings (SSSR count). The maximum atomic E-state index is 13.2. The highest BCUT2D eigenvalue weighted by Gasteiger charge is 2.17. The maximum Gasteiger partial charge on any atom is 0.306 e. The molecule has 0 fully saturated rings. The minimum absolute atomic E-state index is 0.119. The third kappa shape index (κ3) is 5.37. The summed E-state index contributed by atoms with van der Waals surface area (Å²) < 4.78 is 13.2. The number of nitro groups is 1. The smallest absolute Gasteiger partial charge is 0.306 e. The molecule has 0 aromatic heterocycles. The van der Waals surface area contributed by atoms with Crippen molar-refractivity contribution in [2.75, 3.05) is 5.32 Å². The van der Waals surface area contributed by atoms with Crippen molar-refractivity contribution in [3.05, 3.63) is 34.1 Å². The lowest BCUT2D eigenvalue weighted by molar-refractivity contribution is -0.384. The Bertz CT molecular complexity index is 522. The number of carboxylic acid groups (broad SMARTS) is 1. The van der Waals surface area contributed by atoms with Crippen LogP contribution in [0, 0.1) is 21.8 Å². The van der Waals surface area contributed by atoms with Crippen molar-refractivity contribution in [2.24, 2.45) is 5.92 Å². The van der Waals surface area contributed by atoms with Gasteiger partial charge in [-0.2, -0.15) is 0 Å². The van der Waals surface area contributed by atoms with Crippen molar-refractivity contribution in [3.8, 4) is 0 Å².